The maximum absolute atomic E-state index is 12.7. The first-order chi connectivity index (χ1) is 13.1. The summed E-state index contributed by atoms with van der Waals surface area (Å²) in [6.07, 6.45) is 1.47. The van der Waals surface area contributed by atoms with Gasteiger partial charge in [0.1, 0.15) is 6.04 Å². The zero-order valence-electron chi connectivity index (χ0n) is 15.2. The number of benzene rings is 2. The summed E-state index contributed by atoms with van der Waals surface area (Å²) in [6, 6.07) is 16.8. The molecule has 2 amide bonds. The van der Waals surface area contributed by atoms with E-state index in [1.807, 2.05) is 54.6 Å². The van der Waals surface area contributed by atoms with Crippen LogP contribution in [0.2, 0.25) is 5.02 Å². The van der Waals surface area contributed by atoms with Crippen LogP contribution >= 0.6 is 11.6 Å². The van der Waals surface area contributed by atoms with Crippen molar-refractivity contribution in [2.45, 2.75) is 37.3 Å². The Labute approximate surface area is 164 Å². The van der Waals surface area contributed by atoms with Crippen LogP contribution in [0.4, 0.5) is 4.79 Å². The summed E-state index contributed by atoms with van der Waals surface area (Å²) >= 11 is 6.25. The number of halogens is 1. The van der Waals surface area contributed by atoms with E-state index in [-0.39, 0.29) is 11.9 Å². The number of carbonyl (C=O) groups is 2. The molecule has 1 unspecified atom stereocenters. The van der Waals surface area contributed by atoms with Crippen molar-refractivity contribution in [1.29, 1.82) is 0 Å². The van der Waals surface area contributed by atoms with Gasteiger partial charge in [-0.2, -0.15) is 0 Å². The van der Waals surface area contributed by atoms with Gasteiger partial charge in [0.15, 0.2) is 0 Å². The largest absolute Gasteiger partial charge is 0.453 e. The number of nitrogens with one attached hydrogen (secondary N) is 2. The molecule has 3 rings (SSSR count). The van der Waals surface area contributed by atoms with E-state index in [0.717, 1.165) is 29.0 Å². The maximum Gasteiger partial charge on any atom is 0.407 e. The summed E-state index contributed by atoms with van der Waals surface area (Å²) < 4.78 is 4.66. The molecule has 27 heavy (non-hydrogen) atoms. The molecule has 2 N–H and O–H groups in total. The lowest BCUT2D eigenvalue weighted by molar-refractivity contribution is -0.124. The number of amides is 2. The lowest BCUT2D eigenvalue weighted by Gasteiger charge is -2.37. The van der Waals surface area contributed by atoms with Crippen molar-refractivity contribution in [3.05, 3.63) is 70.7 Å². The predicted octanol–water partition coefficient (Wildman–Crippen LogP) is 3.67. The number of hydrogen-bond donors (Lipinski definition) is 2. The average Bonchev–Trinajstić information content (AvgIpc) is 2.65. The Morgan fingerprint density at radius 1 is 1.11 bits per heavy atom. The van der Waals surface area contributed by atoms with Crippen LogP contribution in [0.1, 0.15) is 29.9 Å². The van der Waals surface area contributed by atoms with Gasteiger partial charge in [0.25, 0.3) is 0 Å². The van der Waals surface area contributed by atoms with Gasteiger partial charge >= 0.3 is 6.09 Å². The standard InChI is InChI=1S/C21H23ClN2O3/c1-27-21(26)24-19(11-14-7-3-2-4-8-14)20(25)23-16-12-15(13-16)17-9-5-6-10-18(17)22/h2-10,15-16,19H,11-13H2,1H3,(H,23,25)(H,24,26). The molecule has 5 nitrogen and oxygen atoms in total. The lowest BCUT2D eigenvalue weighted by atomic mass is 9.75. The van der Waals surface area contributed by atoms with E-state index in [4.69, 9.17) is 11.6 Å². The van der Waals surface area contributed by atoms with E-state index in [2.05, 4.69) is 15.4 Å². The molecule has 0 heterocycles. The molecule has 0 bridgehead atoms. The third-order valence-corrected chi connectivity index (χ3v) is 5.25. The molecule has 1 aliphatic rings. The molecule has 0 spiro atoms. The number of methoxy groups -OCH3 is 1. The Morgan fingerprint density at radius 3 is 2.44 bits per heavy atom. The molecule has 1 aliphatic carbocycles. The normalized spacial score (nSPS) is 19.5. The van der Waals surface area contributed by atoms with Crippen molar-refractivity contribution >= 4 is 23.6 Å². The summed E-state index contributed by atoms with van der Waals surface area (Å²) in [5.74, 6) is 0.150. The van der Waals surface area contributed by atoms with Gasteiger partial charge in [-0.25, -0.2) is 4.79 Å². The van der Waals surface area contributed by atoms with Gasteiger partial charge in [-0.15, -0.1) is 0 Å². The summed E-state index contributed by atoms with van der Waals surface area (Å²) in [5.41, 5.74) is 2.09. The monoisotopic (exact) mass is 386 g/mol. The van der Waals surface area contributed by atoms with Gasteiger partial charge in [0, 0.05) is 17.5 Å². The Balaban J connectivity index is 1.58. The Kier molecular flexibility index (Phi) is 6.35. The molecule has 2 aromatic carbocycles. The smallest absolute Gasteiger partial charge is 0.407 e. The van der Waals surface area contributed by atoms with Crippen LogP contribution in [0.3, 0.4) is 0 Å². The number of rotatable bonds is 6. The van der Waals surface area contributed by atoms with Crippen molar-refractivity contribution in [3.63, 3.8) is 0 Å². The van der Waals surface area contributed by atoms with Crippen LogP contribution in [0.15, 0.2) is 54.6 Å². The predicted molar refractivity (Wildman–Crippen MR) is 105 cm³/mol. The number of carbonyl (C=O) groups excluding carboxylic acids is 2. The zero-order valence-corrected chi connectivity index (χ0v) is 15.9. The van der Waals surface area contributed by atoms with Crippen molar-refractivity contribution < 1.29 is 14.3 Å². The van der Waals surface area contributed by atoms with Gasteiger partial charge < -0.3 is 15.4 Å². The van der Waals surface area contributed by atoms with Crippen LogP contribution in [0, 0.1) is 0 Å². The highest BCUT2D eigenvalue weighted by molar-refractivity contribution is 6.31. The lowest BCUT2D eigenvalue weighted by Crippen LogP contribution is -2.53. The molecule has 0 saturated heterocycles. The van der Waals surface area contributed by atoms with Gasteiger partial charge in [0.05, 0.1) is 7.11 Å². The van der Waals surface area contributed by atoms with Crippen LogP contribution in [0.25, 0.3) is 0 Å². The van der Waals surface area contributed by atoms with Gasteiger partial charge in [0.2, 0.25) is 5.91 Å². The molecule has 2 aromatic rings. The molecular weight excluding hydrogens is 364 g/mol. The summed E-state index contributed by atoms with van der Waals surface area (Å²) in [7, 11) is 1.28. The second kappa shape index (κ2) is 8.91. The van der Waals surface area contributed by atoms with E-state index >= 15 is 0 Å². The minimum Gasteiger partial charge on any atom is -0.453 e. The molecular formula is C21H23ClN2O3. The van der Waals surface area contributed by atoms with Crippen molar-refractivity contribution in [2.24, 2.45) is 0 Å². The molecule has 0 radical (unpaired) electrons. The molecule has 0 aliphatic heterocycles. The first kappa shape index (κ1) is 19.2. The first-order valence-corrected chi connectivity index (χ1v) is 9.38. The Bertz CT molecular complexity index is 791. The fourth-order valence-electron chi connectivity index (χ4n) is 3.36. The highest BCUT2D eigenvalue weighted by atomic mass is 35.5. The molecule has 1 fully saturated rings. The highest BCUT2D eigenvalue weighted by Gasteiger charge is 2.34. The molecule has 0 aromatic heterocycles. The van der Waals surface area contributed by atoms with E-state index < -0.39 is 12.1 Å². The first-order valence-electron chi connectivity index (χ1n) is 9.00. The molecule has 1 saturated carbocycles. The third kappa shape index (κ3) is 5.01. The number of alkyl carbamates (subject to hydrolysis) is 1. The summed E-state index contributed by atoms with van der Waals surface area (Å²) in [6.45, 7) is 0. The number of hydrogen-bond acceptors (Lipinski definition) is 3. The summed E-state index contributed by atoms with van der Waals surface area (Å²) in [5, 5.41) is 6.42. The van der Waals surface area contributed by atoms with E-state index in [1.54, 1.807) is 0 Å². The topological polar surface area (TPSA) is 67.4 Å². The minimum absolute atomic E-state index is 0.0801. The highest BCUT2D eigenvalue weighted by Crippen LogP contribution is 2.39. The fraction of sp³-hybridized carbons (Fsp3) is 0.333. The quantitative estimate of drug-likeness (QED) is 0.796. The van der Waals surface area contributed by atoms with Crippen molar-refractivity contribution in [2.75, 3.05) is 7.11 Å². The SMILES string of the molecule is COC(=O)NC(Cc1ccccc1)C(=O)NC1CC(c2ccccc2Cl)C1. The van der Waals surface area contributed by atoms with Gasteiger partial charge in [-0.3, -0.25) is 4.79 Å². The van der Waals surface area contributed by atoms with E-state index in [0.29, 0.717) is 12.3 Å². The van der Waals surface area contributed by atoms with E-state index in [9.17, 15) is 9.59 Å². The third-order valence-electron chi connectivity index (χ3n) is 4.91. The van der Waals surface area contributed by atoms with Gasteiger partial charge in [-0.05, 0) is 36.0 Å². The van der Waals surface area contributed by atoms with Crippen LogP contribution in [-0.4, -0.2) is 31.2 Å². The average molecular weight is 387 g/mol. The van der Waals surface area contributed by atoms with Crippen LogP contribution in [-0.2, 0) is 16.0 Å². The van der Waals surface area contributed by atoms with Crippen LogP contribution < -0.4 is 10.6 Å². The zero-order chi connectivity index (χ0) is 19.2. The molecule has 6 heteroatoms. The number of ether oxygens (including phenoxy) is 1. The second-order valence-corrected chi connectivity index (χ2v) is 7.18. The van der Waals surface area contributed by atoms with Crippen LogP contribution in [0.5, 0.6) is 0 Å². The Hall–Kier alpha value is -2.53. The Morgan fingerprint density at radius 2 is 1.78 bits per heavy atom. The summed E-state index contributed by atoms with van der Waals surface area (Å²) in [4.78, 5) is 24.3. The van der Waals surface area contributed by atoms with E-state index in [1.165, 1.54) is 7.11 Å². The minimum atomic E-state index is -0.681. The van der Waals surface area contributed by atoms with Crippen molar-refractivity contribution in [1.82, 2.24) is 10.6 Å². The van der Waals surface area contributed by atoms with Gasteiger partial charge in [-0.1, -0.05) is 60.1 Å². The fourth-order valence-corrected chi connectivity index (χ4v) is 3.65. The second-order valence-electron chi connectivity index (χ2n) is 6.77. The molecule has 1 atom stereocenters. The van der Waals surface area contributed by atoms with Crippen molar-refractivity contribution in [3.8, 4) is 0 Å². The maximum atomic E-state index is 12.7. The molecule has 142 valence electrons.